The van der Waals surface area contributed by atoms with Crippen molar-refractivity contribution in [1.29, 1.82) is 0 Å². The van der Waals surface area contributed by atoms with Crippen molar-refractivity contribution in [2.24, 2.45) is 0 Å². The molecule has 0 atom stereocenters. The summed E-state index contributed by atoms with van der Waals surface area (Å²) in [6.07, 6.45) is 0. The van der Waals surface area contributed by atoms with Gasteiger partial charge in [-0.1, -0.05) is 0 Å². The third-order valence-electron chi connectivity index (χ3n) is 0. The van der Waals surface area contributed by atoms with E-state index in [0.29, 0.717) is 0 Å². The average Bonchev–Trinajstić information content (AvgIpc) is 0.918. The van der Waals surface area contributed by atoms with Crippen LogP contribution in [0.15, 0.2) is 0 Å². The fourth-order valence-corrected chi connectivity index (χ4v) is 0. The van der Waals surface area contributed by atoms with Gasteiger partial charge in [0.1, 0.15) is 0 Å². The Labute approximate surface area is 72.8 Å². The van der Waals surface area contributed by atoms with Gasteiger partial charge in [-0.25, -0.2) is 0 Å². The fraction of sp³-hybridized carbons (Fsp3) is 0. The molecule has 4 heavy (non-hydrogen) atoms. The normalized spacial score (nSPS) is 2.25. The first-order chi connectivity index (χ1) is 1.41. The Morgan fingerprint density at radius 3 is 1.75 bits per heavy atom. The standard InChI is InChI=1S/Al.FH.K.O.H/h;1H;;;/q+1;;;;/p-1. The molecule has 0 aliphatic rings. The average molecular weight is 102 g/mol. The van der Waals surface area contributed by atoms with Crippen molar-refractivity contribution in [3.05, 3.63) is 0 Å². The summed E-state index contributed by atoms with van der Waals surface area (Å²) in [5.41, 5.74) is 0. The quantitative estimate of drug-likeness (QED) is 0.368. The molecule has 0 aliphatic carbocycles. The monoisotopic (exact) mass is 102 g/mol. The number of rotatable bonds is 0. The molecular weight excluding hydrogens is 101 g/mol. The van der Waals surface area contributed by atoms with Gasteiger partial charge in [0.15, 0.2) is 0 Å². The number of hydrogen-bond donors (Lipinski definition) is 0. The topological polar surface area (TPSA) is 17.1 Å². The molecule has 4 heteroatoms. The molecule has 0 rings (SSSR count). The van der Waals surface area contributed by atoms with Crippen LogP contribution in [0, 0.1) is 0 Å². The minimum atomic E-state index is -2.00. The van der Waals surface area contributed by atoms with E-state index in [4.69, 9.17) is 3.80 Å². The summed E-state index contributed by atoms with van der Waals surface area (Å²) in [5.74, 6) is 0. The van der Waals surface area contributed by atoms with Crippen molar-refractivity contribution < 1.29 is 7.33 Å². The molecule has 0 aromatic carbocycles. The van der Waals surface area contributed by atoms with Gasteiger partial charge in [-0.3, -0.25) is 0 Å². The summed E-state index contributed by atoms with van der Waals surface area (Å²) in [4.78, 5) is 0. The first-order valence-corrected chi connectivity index (χ1v) is 1.36. The summed E-state index contributed by atoms with van der Waals surface area (Å²) < 4.78 is 18.2. The van der Waals surface area contributed by atoms with E-state index >= 15 is 0 Å². The number of hydrogen-bond acceptors (Lipinski definition) is 1. The maximum absolute atomic E-state index is 9.82. The fourth-order valence-electron chi connectivity index (χ4n) is 0. The molecule has 1 nitrogen and oxygen atoms in total. The van der Waals surface area contributed by atoms with Gasteiger partial charge in [-0.15, -0.1) is 0 Å². The summed E-state index contributed by atoms with van der Waals surface area (Å²) in [6, 6.07) is 0. The van der Waals surface area contributed by atoms with Crippen molar-refractivity contribution in [1.82, 2.24) is 0 Å². The molecule has 0 saturated heterocycles. The van der Waals surface area contributed by atoms with Crippen LogP contribution in [0.3, 0.4) is 0 Å². The zero-order chi connectivity index (χ0) is 2.71. The molecule has 0 unspecified atom stereocenters. The van der Waals surface area contributed by atoms with E-state index in [1.807, 2.05) is 0 Å². The Morgan fingerprint density at radius 1 is 1.75 bits per heavy atom. The Bertz CT molecular complexity index is 15.5. The van der Waals surface area contributed by atoms with Gasteiger partial charge < -0.3 is 0 Å². The predicted molar refractivity (Wildman–Crippen MR) is 14.7 cm³/mol. The second-order valence-electron chi connectivity index (χ2n) is 0.0891. The Morgan fingerprint density at radius 2 is 1.75 bits per heavy atom. The van der Waals surface area contributed by atoms with Gasteiger partial charge in [0.2, 0.25) is 0 Å². The van der Waals surface area contributed by atoms with Crippen LogP contribution in [0.5, 0.6) is 0 Å². The SMILES string of the molecule is [KH].[O]=[Al][F]. The first-order valence-electron chi connectivity index (χ1n) is 0.454. The van der Waals surface area contributed by atoms with Gasteiger partial charge in [-0.05, 0) is 0 Å². The van der Waals surface area contributed by atoms with Crippen LogP contribution in [-0.4, -0.2) is 67.0 Å². The number of halogens is 1. The van der Waals surface area contributed by atoms with Crippen LogP contribution in [0.1, 0.15) is 0 Å². The predicted octanol–water partition coefficient (Wildman–Crippen LogP) is -0.728. The second-order valence-corrected chi connectivity index (χ2v) is 0.267. The van der Waals surface area contributed by atoms with E-state index in [1.165, 1.54) is 0 Å². The van der Waals surface area contributed by atoms with Crippen LogP contribution in [-0.2, 0) is 3.80 Å². The van der Waals surface area contributed by atoms with Gasteiger partial charge >= 0.3 is 74.3 Å². The van der Waals surface area contributed by atoms with E-state index in [0.717, 1.165) is 0 Å². The zero-order valence-corrected chi connectivity index (χ0v) is 2.52. The van der Waals surface area contributed by atoms with Crippen LogP contribution < -0.4 is 0 Å². The molecule has 0 bridgehead atoms. The minimum absolute atomic E-state index is 0. The van der Waals surface area contributed by atoms with Gasteiger partial charge in [-0.2, -0.15) is 0 Å². The molecule has 0 fully saturated rings. The molecule has 0 aliphatic heterocycles. The van der Waals surface area contributed by atoms with E-state index in [9.17, 15) is 3.52 Å². The van der Waals surface area contributed by atoms with E-state index < -0.39 is 15.6 Å². The van der Waals surface area contributed by atoms with Crippen LogP contribution in [0.25, 0.3) is 0 Å². The Balaban J connectivity index is 0. The molecule has 18 valence electrons. The van der Waals surface area contributed by atoms with Crippen molar-refractivity contribution in [3.8, 4) is 0 Å². The molecule has 0 spiro atoms. The van der Waals surface area contributed by atoms with Gasteiger partial charge in [0, 0.05) is 0 Å². The molecule has 0 N–H and O–H groups in total. The molecule has 0 aromatic rings. The first kappa shape index (κ1) is 9.31. The molecule has 0 heterocycles. The maximum atomic E-state index is 9.82. The van der Waals surface area contributed by atoms with Crippen LogP contribution in [0.4, 0.5) is 3.52 Å². The third-order valence-corrected chi connectivity index (χ3v) is 0. The van der Waals surface area contributed by atoms with Crippen LogP contribution in [0.2, 0.25) is 0 Å². The summed E-state index contributed by atoms with van der Waals surface area (Å²) >= 11 is -2.00. The second kappa shape index (κ2) is 8.86. The van der Waals surface area contributed by atoms with E-state index in [1.54, 1.807) is 0 Å². The molecule has 0 aromatic heterocycles. The van der Waals surface area contributed by atoms with Crippen molar-refractivity contribution in [2.45, 2.75) is 0 Å². The molecule has 0 radical (unpaired) electrons. The van der Waals surface area contributed by atoms with Crippen molar-refractivity contribution in [3.63, 3.8) is 0 Å². The van der Waals surface area contributed by atoms with E-state index in [-0.39, 0.29) is 51.4 Å². The Hall–Kier alpha value is 1.90. The molecular formula is HAlFKO. The van der Waals surface area contributed by atoms with Crippen molar-refractivity contribution in [2.75, 3.05) is 0 Å². The van der Waals surface area contributed by atoms with Crippen LogP contribution >= 0.6 is 0 Å². The molecule has 0 amide bonds. The van der Waals surface area contributed by atoms with Crippen molar-refractivity contribution >= 4 is 67.0 Å². The third kappa shape index (κ3) is 9.09. The van der Waals surface area contributed by atoms with Gasteiger partial charge in [0.05, 0.1) is 0 Å². The summed E-state index contributed by atoms with van der Waals surface area (Å²) in [7, 11) is 0. The molecule has 0 saturated carbocycles. The summed E-state index contributed by atoms with van der Waals surface area (Å²) in [5, 5.41) is 0. The summed E-state index contributed by atoms with van der Waals surface area (Å²) in [6.45, 7) is 0. The zero-order valence-electron chi connectivity index (χ0n) is 1.36. The Kier molecular flexibility index (Phi) is 20.6. The van der Waals surface area contributed by atoms with E-state index in [2.05, 4.69) is 0 Å². The van der Waals surface area contributed by atoms with Gasteiger partial charge in [0.25, 0.3) is 0 Å².